The number of pyridine rings is 1. The number of ether oxygens (including phenoxy) is 1. The van der Waals surface area contributed by atoms with Crippen LogP contribution in [0.25, 0.3) is 0 Å². The van der Waals surface area contributed by atoms with Crippen molar-refractivity contribution in [3.05, 3.63) is 54.1 Å². The summed E-state index contributed by atoms with van der Waals surface area (Å²) < 4.78 is 31.7. The van der Waals surface area contributed by atoms with Gasteiger partial charge in [-0.1, -0.05) is 18.2 Å². The standard InChI is InChI=1S/C28H39N7O6S/c1-19(38)18-30-27-25(29)20(2)26(28(32-27)31-21-7-5-4-6-8-21)34-33-23-17-22(9-10-24(23)41-3)42(39,40)16-13-35(11-14-36)12-15-37/h4-10,17,19,36-38H,11-16,18,29H2,1-3H3,(H2,30,31,32)/b34-33+. The second-order valence-electron chi connectivity index (χ2n) is 9.56. The largest absolute Gasteiger partial charge is 0.494 e. The number of para-hydroxylation sites is 1. The van der Waals surface area contributed by atoms with Crippen LogP contribution in [-0.2, 0) is 9.84 Å². The number of azo groups is 1. The first-order chi connectivity index (χ1) is 20.1. The summed E-state index contributed by atoms with van der Waals surface area (Å²) in [5.74, 6) is 0.807. The minimum atomic E-state index is -3.74. The molecule has 1 aromatic heterocycles. The Kier molecular flexibility index (Phi) is 12.0. The van der Waals surface area contributed by atoms with Crippen molar-refractivity contribution in [1.82, 2.24) is 9.88 Å². The summed E-state index contributed by atoms with van der Waals surface area (Å²) in [6.07, 6.45) is -0.625. The molecule has 0 spiro atoms. The first-order valence-corrected chi connectivity index (χ1v) is 15.1. The second-order valence-corrected chi connectivity index (χ2v) is 11.7. The zero-order valence-corrected chi connectivity index (χ0v) is 24.8. The number of nitrogens with zero attached hydrogens (tertiary/aromatic N) is 4. The highest BCUT2D eigenvalue weighted by atomic mass is 32.2. The Morgan fingerprint density at radius 1 is 1.05 bits per heavy atom. The van der Waals surface area contributed by atoms with Crippen molar-refractivity contribution in [2.45, 2.75) is 24.8 Å². The van der Waals surface area contributed by atoms with Gasteiger partial charge >= 0.3 is 0 Å². The predicted octanol–water partition coefficient (Wildman–Crippen LogP) is 2.99. The highest BCUT2D eigenvalue weighted by Gasteiger charge is 2.20. The average molecular weight is 602 g/mol. The predicted molar refractivity (Wildman–Crippen MR) is 163 cm³/mol. The zero-order chi connectivity index (χ0) is 30.7. The van der Waals surface area contributed by atoms with Crippen LogP contribution in [-0.4, -0.2) is 92.0 Å². The summed E-state index contributed by atoms with van der Waals surface area (Å²) in [7, 11) is -2.30. The summed E-state index contributed by atoms with van der Waals surface area (Å²) in [5, 5.41) is 43.2. The van der Waals surface area contributed by atoms with Crippen LogP contribution < -0.4 is 21.1 Å². The van der Waals surface area contributed by atoms with Crippen LogP contribution >= 0.6 is 0 Å². The molecule has 228 valence electrons. The minimum absolute atomic E-state index is 0.0277. The Labute approximate surface area is 246 Å². The van der Waals surface area contributed by atoms with Crippen LogP contribution in [0.1, 0.15) is 12.5 Å². The van der Waals surface area contributed by atoms with Crippen molar-refractivity contribution in [1.29, 1.82) is 0 Å². The fourth-order valence-electron chi connectivity index (χ4n) is 3.99. The molecule has 0 aliphatic heterocycles. The lowest BCUT2D eigenvalue weighted by molar-refractivity contribution is 0.167. The number of aliphatic hydroxyl groups excluding tert-OH is 3. The Balaban J connectivity index is 2.00. The van der Waals surface area contributed by atoms with Crippen molar-refractivity contribution >= 4 is 44.2 Å². The molecule has 0 bridgehead atoms. The van der Waals surface area contributed by atoms with Gasteiger partial charge in [0, 0.05) is 37.4 Å². The number of aromatic nitrogens is 1. The monoisotopic (exact) mass is 601 g/mol. The Bertz CT molecular complexity index is 1450. The maximum atomic E-state index is 13.1. The number of rotatable bonds is 16. The van der Waals surface area contributed by atoms with Crippen molar-refractivity contribution in [3.63, 3.8) is 0 Å². The summed E-state index contributed by atoms with van der Waals surface area (Å²) in [6, 6.07) is 13.7. The van der Waals surface area contributed by atoms with Gasteiger partial charge in [-0.05, 0) is 44.2 Å². The Hall–Kier alpha value is -3.82. The molecule has 1 unspecified atom stereocenters. The number of nitrogens with two attached hydrogens (primary N) is 1. The normalized spacial score (nSPS) is 12.5. The lowest BCUT2D eigenvalue weighted by atomic mass is 10.2. The Morgan fingerprint density at radius 3 is 2.36 bits per heavy atom. The van der Waals surface area contributed by atoms with Crippen LogP contribution in [0.2, 0.25) is 0 Å². The van der Waals surface area contributed by atoms with Crippen molar-refractivity contribution in [2.75, 3.05) is 68.6 Å². The number of hydrogen-bond donors (Lipinski definition) is 6. The van der Waals surface area contributed by atoms with Gasteiger partial charge in [-0.15, -0.1) is 10.2 Å². The molecule has 3 aromatic rings. The maximum absolute atomic E-state index is 13.1. The summed E-state index contributed by atoms with van der Waals surface area (Å²) in [6.45, 7) is 3.98. The van der Waals surface area contributed by atoms with Gasteiger partial charge in [-0.3, -0.25) is 4.90 Å². The van der Waals surface area contributed by atoms with E-state index < -0.39 is 15.9 Å². The van der Waals surface area contributed by atoms with Crippen molar-refractivity contribution in [2.24, 2.45) is 10.2 Å². The number of methoxy groups -OCH3 is 1. The quantitative estimate of drug-likeness (QED) is 0.132. The van der Waals surface area contributed by atoms with Crippen LogP contribution in [0, 0.1) is 6.92 Å². The maximum Gasteiger partial charge on any atom is 0.179 e. The number of benzene rings is 2. The first kappa shape index (κ1) is 32.7. The van der Waals surface area contributed by atoms with Gasteiger partial charge in [0.25, 0.3) is 0 Å². The van der Waals surface area contributed by atoms with Crippen LogP contribution in [0.3, 0.4) is 0 Å². The molecule has 0 saturated heterocycles. The molecule has 3 rings (SSSR count). The van der Waals surface area contributed by atoms with Gasteiger partial charge < -0.3 is 36.4 Å². The zero-order valence-electron chi connectivity index (χ0n) is 24.0. The first-order valence-electron chi connectivity index (χ1n) is 13.4. The van der Waals surface area contributed by atoms with Crippen molar-refractivity contribution < 1.29 is 28.5 Å². The number of anilines is 4. The molecule has 0 saturated carbocycles. The fraction of sp³-hybridized carbons (Fsp3) is 0.393. The SMILES string of the molecule is COc1ccc(S(=O)(=O)CCN(CCO)CCO)cc1/N=N/c1c(Nc2ccccc2)nc(NCC(C)O)c(N)c1C. The van der Waals surface area contributed by atoms with Gasteiger partial charge in [0.2, 0.25) is 0 Å². The van der Waals surface area contributed by atoms with Crippen LogP contribution in [0.15, 0.2) is 63.7 Å². The van der Waals surface area contributed by atoms with E-state index in [1.807, 2.05) is 30.3 Å². The number of hydrogen-bond acceptors (Lipinski definition) is 13. The van der Waals surface area contributed by atoms with Gasteiger partial charge in [0.1, 0.15) is 17.1 Å². The molecular weight excluding hydrogens is 562 g/mol. The number of nitrogens with one attached hydrogen (secondary N) is 2. The molecule has 14 heteroatoms. The highest BCUT2D eigenvalue weighted by molar-refractivity contribution is 7.91. The van der Waals surface area contributed by atoms with Crippen LogP contribution in [0.4, 0.5) is 34.4 Å². The van der Waals surface area contributed by atoms with Gasteiger partial charge in [0.15, 0.2) is 21.5 Å². The summed E-state index contributed by atoms with van der Waals surface area (Å²) in [5.41, 5.74) is 8.51. The molecule has 0 radical (unpaired) electrons. The highest BCUT2D eigenvalue weighted by Crippen LogP contribution is 2.39. The molecule has 0 amide bonds. The third-order valence-electron chi connectivity index (χ3n) is 6.34. The third kappa shape index (κ3) is 8.84. The molecule has 0 aliphatic carbocycles. The third-order valence-corrected chi connectivity index (χ3v) is 8.03. The molecule has 7 N–H and O–H groups in total. The van der Waals surface area contributed by atoms with E-state index in [2.05, 4.69) is 25.8 Å². The van der Waals surface area contributed by atoms with Gasteiger partial charge in [-0.25, -0.2) is 13.4 Å². The van der Waals surface area contributed by atoms with E-state index >= 15 is 0 Å². The number of aliphatic hydroxyl groups is 3. The molecule has 13 nitrogen and oxygen atoms in total. The molecular formula is C28H39N7O6S. The fourth-order valence-corrected chi connectivity index (χ4v) is 5.29. The smallest absolute Gasteiger partial charge is 0.179 e. The summed E-state index contributed by atoms with van der Waals surface area (Å²) in [4.78, 5) is 6.30. The molecule has 1 heterocycles. The van der Waals surface area contributed by atoms with Gasteiger partial charge in [-0.2, -0.15) is 0 Å². The van der Waals surface area contributed by atoms with E-state index in [9.17, 15) is 23.7 Å². The minimum Gasteiger partial charge on any atom is -0.494 e. The Morgan fingerprint density at radius 2 is 1.74 bits per heavy atom. The topological polar surface area (TPSA) is 195 Å². The molecule has 2 aromatic carbocycles. The lowest BCUT2D eigenvalue weighted by Crippen LogP contribution is -2.34. The molecule has 0 fully saturated rings. The van der Waals surface area contributed by atoms with E-state index in [4.69, 9.17) is 10.5 Å². The van der Waals surface area contributed by atoms with E-state index in [1.165, 1.54) is 25.3 Å². The molecule has 0 aliphatic rings. The number of sulfone groups is 1. The lowest BCUT2D eigenvalue weighted by Gasteiger charge is -2.20. The van der Waals surface area contributed by atoms with Crippen molar-refractivity contribution in [3.8, 4) is 5.75 Å². The number of nitrogen functional groups attached to an aromatic ring is 1. The molecule has 1 atom stereocenters. The molecule has 42 heavy (non-hydrogen) atoms. The summed E-state index contributed by atoms with van der Waals surface area (Å²) >= 11 is 0. The van der Waals surface area contributed by atoms with E-state index in [1.54, 1.807) is 18.7 Å². The van der Waals surface area contributed by atoms with E-state index in [0.717, 1.165) is 5.69 Å². The second kappa shape index (κ2) is 15.4. The van der Waals surface area contributed by atoms with Crippen LogP contribution in [0.5, 0.6) is 5.75 Å². The van der Waals surface area contributed by atoms with E-state index in [0.29, 0.717) is 34.3 Å². The van der Waals surface area contributed by atoms with Gasteiger partial charge in [0.05, 0.1) is 42.8 Å². The average Bonchev–Trinajstić information content (AvgIpc) is 2.97. The van der Waals surface area contributed by atoms with E-state index in [-0.39, 0.29) is 55.7 Å².